The summed E-state index contributed by atoms with van der Waals surface area (Å²) in [6.07, 6.45) is 1.74. The number of carboxylic acid groups (broad SMARTS) is 1. The number of hydrogen-bond acceptors (Lipinski definition) is 5. The number of rotatable bonds is 9. The van der Waals surface area contributed by atoms with Crippen LogP contribution in [0, 0.1) is 0 Å². The molecule has 0 spiro atoms. The summed E-state index contributed by atoms with van der Waals surface area (Å²) in [5, 5.41) is 12.1. The standard InChI is InChI=1S/C21H25NO5S/c1-13(2)27-15-7-5-14(6-8-15)18(12-20(23)24)22-21(25)17-10-9-16(28-4)11-19(17)26-3/h5-11,13,18H,12H2,1-4H3,(H,22,25)(H,23,24). The average molecular weight is 404 g/mol. The minimum atomic E-state index is -1.00. The van der Waals surface area contributed by atoms with Gasteiger partial charge in [0.05, 0.1) is 31.2 Å². The van der Waals surface area contributed by atoms with Gasteiger partial charge in [-0.2, -0.15) is 0 Å². The predicted octanol–water partition coefficient (Wildman–Crippen LogP) is 4.15. The molecule has 0 radical (unpaired) electrons. The number of amides is 1. The van der Waals surface area contributed by atoms with Crippen LogP contribution in [0.2, 0.25) is 0 Å². The maximum Gasteiger partial charge on any atom is 0.305 e. The van der Waals surface area contributed by atoms with Crippen molar-refractivity contribution in [1.29, 1.82) is 0 Å². The third kappa shape index (κ3) is 5.92. The van der Waals surface area contributed by atoms with Gasteiger partial charge in [0.1, 0.15) is 11.5 Å². The molecule has 1 unspecified atom stereocenters. The smallest absolute Gasteiger partial charge is 0.305 e. The first-order valence-corrected chi connectivity index (χ1v) is 10.1. The van der Waals surface area contributed by atoms with Gasteiger partial charge in [0.2, 0.25) is 0 Å². The summed E-state index contributed by atoms with van der Waals surface area (Å²) in [7, 11) is 1.50. The molecule has 1 amide bonds. The highest BCUT2D eigenvalue weighted by Crippen LogP contribution is 2.27. The lowest BCUT2D eigenvalue weighted by Gasteiger charge is -2.19. The number of nitrogens with one attached hydrogen (secondary N) is 1. The van der Waals surface area contributed by atoms with Crippen LogP contribution >= 0.6 is 11.8 Å². The summed E-state index contributed by atoms with van der Waals surface area (Å²) in [4.78, 5) is 25.1. The largest absolute Gasteiger partial charge is 0.496 e. The second-order valence-corrected chi connectivity index (χ2v) is 7.31. The molecule has 0 heterocycles. The van der Waals surface area contributed by atoms with Gasteiger partial charge in [-0.15, -0.1) is 11.8 Å². The van der Waals surface area contributed by atoms with Gasteiger partial charge >= 0.3 is 5.97 Å². The molecule has 28 heavy (non-hydrogen) atoms. The van der Waals surface area contributed by atoms with Crippen LogP contribution in [0.4, 0.5) is 0 Å². The van der Waals surface area contributed by atoms with E-state index in [0.29, 0.717) is 22.6 Å². The van der Waals surface area contributed by atoms with E-state index in [1.165, 1.54) is 7.11 Å². The Morgan fingerprint density at radius 1 is 1.14 bits per heavy atom. The molecule has 0 aromatic heterocycles. The summed E-state index contributed by atoms with van der Waals surface area (Å²) >= 11 is 1.54. The van der Waals surface area contributed by atoms with E-state index in [4.69, 9.17) is 9.47 Å². The molecular weight excluding hydrogens is 378 g/mol. The zero-order chi connectivity index (χ0) is 20.7. The van der Waals surface area contributed by atoms with E-state index in [-0.39, 0.29) is 12.5 Å². The monoisotopic (exact) mass is 403 g/mol. The highest BCUT2D eigenvalue weighted by Gasteiger charge is 2.21. The van der Waals surface area contributed by atoms with Crippen molar-refractivity contribution in [2.24, 2.45) is 0 Å². The fraction of sp³-hybridized carbons (Fsp3) is 0.333. The summed E-state index contributed by atoms with van der Waals surface area (Å²) in [5.41, 5.74) is 1.04. The number of carbonyl (C=O) groups excluding carboxylic acids is 1. The zero-order valence-corrected chi connectivity index (χ0v) is 17.2. The Labute approximate surface area is 169 Å². The molecule has 2 N–H and O–H groups in total. The molecule has 0 bridgehead atoms. The number of benzene rings is 2. The van der Waals surface area contributed by atoms with Crippen molar-refractivity contribution in [3.8, 4) is 11.5 Å². The van der Waals surface area contributed by atoms with Crippen LogP contribution in [0.1, 0.15) is 42.2 Å². The molecule has 1 atom stereocenters. The van der Waals surface area contributed by atoms with Crippen molar-refractivity contribution in [3.63, 3.8) is 0 Å². The lowest BCUT2D eigenvalue weighted by molar-refractivity contribution is -0.137. The topological polar surface area (TPSA) is 84.9 Å². The van der Waals surface area contributed by atoms with Crippen LogP contribution in [0.5, 0.6) is 11.5 Å². The second-order valence-electron chi connectivity index (χ2n) is 6.43. The van der Waals surface area contributed by atoms with Crippen LogP contribution in [-0.2, 0) is 4.79 Å². The van der Waals surface area contributed by atoms with Crippen molar-refractivity contribution < 1.29 is 24.2 Å². The van der Waals surface area contributed by atoms with Gasteiger partial charge in [0, 0.05) is 4.90 Å². The normalized spacial score (nSPS) is 11.8. The van der Waals surface area contributed by atoms with E-state index in [1.54, 1.807) is 48.2 Å². The number of thioether (sulfide) groups is 1. The Morgan fingerprint density at radius 3 is 2.36 bits per heavy atom. The molecule has 0 saturated carbocycles. The molecule has 7 heteroatoms. The molecule has 150 valence electrons. The molecule has 6 nitrogen and oxygen atoms in total. The van der Waals surface area contributed by atoms with Gasteiger partial charge in [-0.3, -0.25) is 9.59 Å². The van der Waals surface area contributed by atoms with Gasteiger partial charge in [-0.25, -0.2) is 0 Å². The Hall–Kier alpha value is -2.67. The number of methoxy groups -OCH3 is 1. The molecule has 0 aliphatic rings. The highest BCUT2D eigenvalue weighted by atomic mass is 32.2. The van der Waals surface area contributed by atoms with E-state index in [1.807, 2.05) is 26.2 Å². The predicted molar refractivity (Wildman–Crippen MR) is 109 cm³/mol. The fourth-order valence-corrected chi connectivity index (χ4v) is 3.13. The Kier molecular flexibility index (Phi) is 7.75. The number of carboxylic acids is 1. The van der Waals surface area contributed by atoms with Crippen molar-refractivity contribution in [3.05, 3.63) is 53.6 Å². The molecule has 0 fully saturated rings. The van der Waals surface area contributed by atoms with Gasteiger partial charge in [-0.1, -0.05) is 12.1 Å². The molecule has 2 aromatic carbocycles. The highest BCUT2D eigenvalue weighted by molar-refractivity contribution is 7.98. The minimum absolute atomic E-state index is 0.0390. The number of hydrogen-bond donors (Lipinski definition) is 2. The number of ether oxygens (including phenoxy) is 2. The lowest BCUT2D eigenvalue weighted by atomic mass is 10.0. The van der Waals surface area contributed by atoms with Gasteiger partial charge in [0.15, 0.2) is 0 Å². The Bertz CT molecular complexity index is 820. The molecule has 0 saturated heterocycles. The van der Waals surface area contributed by atoms with Crippen molar-refractivity contribution in [2.45, 2.75) is 37.3 Å². The van der Waals surface area contributed by atoms with E-state index >= 15 is 0 Å². The average Bonchev–Trinajstić information content (AvgIpc) is 2.66. The third-order valence-corrected chi connectivity index (χ3v) is 4.72. The Morgan fingerprint density at radius 2 is 1.82 bits per heavy atom. The second kappa shape index (κ2) is 10.0. The molecule has 2 rings (SSSR count). The first kappa shape index (κ1) is 21.6. The molecule has 0 aliphatic heterocycles. The van der Waals surface area contributed by atoms with Crippen LogP contribution < -0.4 is 14.8 Å². The number of carbonyl (C=O) groups is 2. The fourth-order valence-electron chi connectivity index (χ4n) is 2.70. The summed E-state index contributed by atoms with van der Waals surface area (Å²) in [6.45, 7) is 3.86. The van der Waals surface area contributed by atoms with E-state index in [0.717, 1.165) is 4.90 Å². The zero-order valence-electron chi connectivity index (χ0n) is 16.4. The van der Waals surface area contributed by atoms with Crippen LogP contribution in [-0.4, -0.2) is 36.5 Å². The SMILES string of the molecule is COc1cc(SC)ccc1C(=O)NC(CC(=O)O)c1ccc(OC(C)C)cc1. The van der Waals surface area contributed by atoms with Gasteiger partial charge in [0.25, 0.3) is 5.91 Å². The van der Waals surface area contributed by atoms with Crippen molar-refractivity contribution >= 4 is 23.6 Å². The minimum Gasteiger partial charge on any atom is -0.496 e. The van der Waals surface area contributed by atoms with Crippen LogP contribution in [0.15, 0.2) is 47.4 Å². The maximum atomic E-state index is 12.8. The van der Waals surface area contributed by atoms with E-state index in [9.17, 15) is 14.7 Å². The Balaban J connectivity index is 2.24. The van der Waals surface area contributed by atoms with Gasteiger partial charge in [-0.05, 0) is 56.0 Å². The number of aliphatic carboxylic acids is 1. The first-order chi connectivity index (χ1) is 13.3. The molecule has 2 aromatic rings. The van der Waals surface area contributed by atoms with Crippen LogP contribution in [0.25, 0.3) is 0 Å². The molecule has 0 aliphatic carbocycles. The van der Waals surface area contributed by atoms with Crippen LogP contribution in [0.3, 0.4) is 0 Å². The first-order valence-electron chi connectivity index (χ1n) is 8.85. The summed E-state index contributed by atoms with van der Waals surface area (Å²) in [5.74, 6) is -0.261. The summed E-state index contributed by atoms with van der Waals surface area (Å²) in [6, 6.07) is 11.7. The van der Waals surface area contributed by atoms with Crippen molar-refractivity contribution in [2.75, 3.05) is 13.4 Å². The quantitative estimate of drug-likeness (QED) is 0.612. The lowest BCUT2D eigenvalue weighted by Crippen LogP contribution is -2.30. The van der Waals surface area contributed by atoms with E-state index in [2.05, 4.69) is 5.32 Å². The summed E-state index contributed by atoms with van der Waals surface area (Å²) < 4.78 is 10.9. The maximum absolute atomic E-state index is 12.8. The van der Waals surface area contributed by atoms with Crippen molar-refractivity contribution in [1.82, 2.24) is 5.32 Å². The van der Waals surface area contributed by atoms with E-state index < -0.39 is 17.9 Å². The third-order valence-electron chi connectivity index (χ3n) is 3.99. The van der Waals surface area contributed by atoms with Gasteiger partial charge < -0.3 is 19.9 Å². The molecular formula is C21H25NO5S.